The van der Waals surface area contributed by atoms with E-state index in [2.05, 4.69) is 42.9 Å². The summed E-state index contributed by atoms with van der Waals surface area (Å²) in [7, 11) is 0. The van der Waals surface area contributed by atoms with E-state index in [0.717, 1.165) is 50.8 Å². The number of carboxylic acid groups (broad SMARTS) is 1. The van der Waals surface area contributed by atoms with E-state index in [9.17, 15) is 9.90 Å². The summed E-state index contributed by atoms with van der Waals surface area (Å²) in [6, 6.07) is 0. The first-order valence-electron chi connectivity index (χ1n) is 11.7. The molecule has 0 spiro atoms. The Morgan fingerprint density at radius 1 is 1.07 bits per heavy atom. The van der Waals surface area contributed by atoms with E-state index in [0.29, 0.717) is 23.6 Å². The maximum absolute atomic E-state index is 12.5. The molecule has 5 heteroatoms. The van der Waals surface area contributed by atoms with Crippen molar-refractivity contribution in [2.24, 2.45) is 23.7 Å². The molecule has 2 rings (SSSR count). The maximum Gasteiger partial charge on any atom is 0.314 e. The summed E-state index contributed by atoms with van der Waals surface area (Å²) in [5.74, 6) is 1.85. The van der Waals surface area contributed by atoms with Gasteiger partial charge in [0.2, 0.25) is 0 Å². The van der Waals surface area contributed by atoms with Gasteiger partial charge in [-0.2, -0.15) is 5.10 Å². The number of aliphatic carboxylic acids is 1. The minimum Gasteiger partial charge on any atom is -0.481 e. The van der Waals surface area contributed by atoms with Gasteiger partial charge in [-0.3, -0.25) is 9.89 Å². The van der Waals surface area contributed by atoms with Crippen molar-refractivity contribution in [3.05, 3.63) is 11.6 Å². The van der Waals surface area contributed by atoms with Gasteiger partial charge in [0, 0.05) is 6.42 Å². The lowest BCUT2D eigenvalue weighted by Crippen LogP contribution is -2.39. The zero-order valence-corrected chi connectivity index (χ0v) is 18.4. The molecule has 0 aromatic carbocycles. The molecule has 1 saturated carbocycles. The fraction of sp³-hybridized carbons (Fsp3) is 0.870. The van der Waals surface area contributed by atoms with Gasteiger partial charge in [-0.1, -0.05) is 72.6 Å². The van der Waals surface area contributed by atoms with Gasteiger partial charge in [0.1, 0.15) is 11.7 Å². The average molecular weight is 392 g/mol. The van der Waals surface area contributed by atoms with E-state index in [-0.39, 0.29) is 5.92 Å². The minimum atomic E-state index is -0.735. The molecule has 3 atom stereocenters. The Kier molecular flexibility index (Phi) is 9.46. The van der Waals surface area contributed by atoms with Gasteiger partial charge >= 0.3 is 5.97 Å². The number of aryl methyl sites for hydroxylation is 1. The van der Waals surface area contributed by atoms with Crippen molar-refractivity contribution in [1.82, 2.24) is 15.2 Å². The van der Waals surface area contributed by atoms with Gasteiger partial charge in [-0.15, -0.1) is 0 Å². The SMILES string of the molecule is CCCCc1n[nH]c(C(C(=O)O)C2C(CCCC)CC(C)CC2CCCC)n1. The summed E-state index contributed by atoms with van der Waals surface area (Å²) < 4.78 is 0. The molecule has 0 bridgehead atoms. The molecule has 0 radical (unpaired) electrons. The number of hydrogen-bond acceptors (Lipinski definition) is 3. The maximum atomic E-state index is 12.5. The fourth-order valence-electron chi connectivity index (χ4n) is 5.29. The second kappa shape index (κ2) is 11.6. The number of aromatic amines is 1. The molecule has 28 heavy (non-hydrogen) atoms. The summed E-state index contributed by atoms with van der Waals surface area (Å²) in [5, 5.41) is 17.6. The van der Waals surface area contributed by atoms with Crippen LogP contribution in [0.15, 0.2) is 0 Å². The van der Waals surface area contributed by atoms with Gasteiger partial charge in [0.25, 0.3) is 0 Å². The average Bonchev–Trinajstić information content (AvgIpc) is 3.12. The molecule has 0 amide bonds. The topological polar surface area (TPSA) is 78.9 Å². The fourth-order valence-corrected chi connectivity index (χ4v) is 5.29. The third-order valence-electron chi connectivity index (χ3n) is 6.60. The zero-order chi connectivity index (χ0) is 20.5. The van der Waals surface area contributed by atoms with Crippen molar-refractivity contribution in [3.8, 4) is 0 Å². The molecule has 1 aromatic rings. The van der Waals surface area contributed by atoms with Crippen LogP contribution in [0, 0.1) is 23.7 Å². The Hall–Kier alpha value is -1.39. The lowest BCUT2D eigenvalue weighted by atomic mass is 9.61. The molecule has 1 fully saturated rings. The molecule has 1 aliphatic rings. The van der Waals surface area contributed by atoms with E-state index in [4.69, 9.17) is 0 Å². The Labute approximate surface area is 171 Å². The smallest absolute Gasteiger partial charge is 0.314 e. The van der Waals surface area contributed by atoms with Crippen molar-refractivity contribution < 1.29 is 9.90 Å². The Morgan fingerprint density at radius 2 is 1.64 bits per heavy atom. The van der Waals surface area contributed by atoms with Crippen molar-refractivity contribution in [3.63, 3.8) is 0 Å². The van der Waals surface area contributed by atoms with Crippen molar-refractivity contribution in [2.45, 2.75) is 104 Å². The first-order valence-corrected chi connectivity index (χ1v) is 11.7. The van der Waals surface area contributed by atoms with E-state index in [1.165, 1.54) is 25.7 Å². The van der Waals surface area contributed by atoms with Crippen molar-refractivity contribution in [2.75, 3.05) is 0 Å². The highest BCUT2D eigenvalue weighted by atomic mass is 16.4. The highest BCUT2D eigenvalue weighted by Crippen LogP contribution is 2.48. The van der Waals surface area contributed by atoms with Crippen molar-refractivity contribution in [1.29, 1.82) is 0 Å². The highest BCUT2D eigenvalue weighted by Gasteiger charge is 2.45. The van der Waals surface area contributed by atoms with Gasteiger partial charge in [0.05, 0.1) is 0 Å². The van der Waals surface area contributed by atoms with Gasteiger partial charge in [-0.25, -0.2) is 4.98 Å². The molecule has 0 saturated heterocycles. The summed E-state index contributed by atoms with van der Waals surface area (Å²) in [6.45, 7) is 8.94. The van der Waals surface area contributed by atoms with Crippen LogP contribution < -0.4 is 0 Å². The van der Waals surface area contributed by atoms with Crippen molar-refractivity contribution >= 4 is 5.97 Å². The van der Waals surface area contributed by atoms with Crippen LogP contribution in [-0.4, -0.2) is 26.3 Å². The van der Waals surface area contributed by atoms with E-state index < -0.39 is 11.9 Å². The molecular weight excluding hydrogens is 350 g/mol. The monoisotopic (exact) mass is 391 g/mol. The number of rotatable bonds is 12. The predicted molar refractivity (Wildman–Crippen MR) is 113 cm³/mol. The first-order chi connectivity index (χ1) is 13.5. The normalized spacial score (nSPS) is 26.3. The van der Waals surface area contributed by atoms with E-state index in [1.54, 1.807) is 0 Å². The van der Waals surface area contributed by atoms with Gasteiger partial charge in [0.15, 0.2) is 5.82 Å². The van der Waals surface area contributed by atoms with E-state index in [1.807, 2.05) is 0 Å². The summed E-state index contributed by atoms with van der Waals surface area (Å²) in [6.07, 6.45) is 12.2. The number of hydrogen-bond donors (Lipinski definition) is 2. The van der Waals surface area contributed by atoms with Crippen LogP contribution in [0.5, 0.6) is 0 Å². The molecule has 1 aromatic heterocycles. The third kappa shape index (κ3) is 6.05. The molecule has 1 aliphatic carbocycles. The highest BCUT2D eigenvalue weighted by molar-refractivity contribution is 5.75. The first kappa shape index (κ1) is 22.9. The lowest BCUT2D eigenvalue weighted by molar-refractivity contribution is -0.142. The largest absolute Gasteiger partial charge is 0.481 e. The van der Waals surface area contributed by atoms with Crippen LogP contribution >= 0.6 is 0 Å². The van der Waals surface area contributed by atoms with E-state index >= 15 is 0 Å². The quantitative estimate of drug-likeness (QED) is 0.460. The second-order valence-electron chi connectivity index (χ2n) is 9.01. The number of carboxylic acids is 1. The number of nitrogens with zero attached hydrogens (tertiary/aromatic N) is 2. The summed E-state index contributed by atoms with van der Waals surface area (Å²) >= 11 is 0. The Morgan fingerprint density at radius 3 is 2.14 bits per heavy atom. The Bertz CT molecular complexity index is 568. The lowest BCUT2D eigenvalue weighted by Gasteiger charge is -2.43. The summed E-state index contributed by atoms with van der Waals surface area (Å²) in [5.41, 5.74) is 0. The number of H-pyrrole nitrogens is 1. The molecular formula is C23H41N3O2. The molecule has 5 nitrogen and oxygen atoms in total. The van der Waals surface area contributed by atoms with Crippen LogP contribution in [0.3, 0.4) is 0 Å². The number of unbranched alkanes of at least 4 members (excludes halogenated alkanes) is 3. The van der Waals surface area contributed by atoms with Gasteiger partial charge < -0.3 is 5.11 Å². The standard InChI is InChI=1S/C23H41N3O2/c1-5-8-11-17-14-16(4)15-18(12-9-6-2)20(17)21(23(27)28)22-24-19(25-26-22)13-10-7-3/h16-18,20-21H,5-15H2,1-4H3,(H,27,28)(H,24,25,26). The number of carbonyl (C=O) groups is 1. The molecule has 0 aliphatic heterocycles. The van der Waals surface area contributed by atoms with Crippen LogP contribution in [0.4, 0.5) is 0 Å². The van der Waals surface area contributed by atoms with Gasteiger partial charge in [-0.05, 0) is 42.9 Å². The summed E-state index contributed by atoms with van der Waals surface area (Å²) in [4.78, 5) is 17.1. The van der Waals surface area contributed by atoms with Crippen LogP contribution in [0.1, 0.15) is 109 Å². The predicted octanol–water partition coefficient (Wildman–Crippen LogP) is 5.97. The molecule has 1 heterocycles. The zero-order valence-electron chi connectivity index (χ0n) is 18.4. The Balaban J connectivity index is 2.32. The van der Waals surface area contributed by atoms with Crippen LogP contribution in [-0.2, 0) is 11.2 Å². The third-order valence-corrected chi connectivity index (χ3v) is 6.60. The molecule has 3 unspecified atom stereocenters. The minimum absolute atomic E-state index is 0.166. The second-order valence-corrected chi connectivity index (χ2v) is 9.01. The van der Waals surface area contributed by atoms with Crippen LogP contribution in [0.25, 0.3) is 0 Å². The van der Waals surface area contributed by atoms with Crippen LogP contribution in [0.2, 0.25) is 0 Å². The number of aromatic nitrogens is 3. The number of nitrogens with one attached hydrogen (secondary N) is 1. The molecule has 160 valence electrons. The molecule has 2 N–H and O–H groups in total.